The van der Waals surface area contributed by atoms with Crippen LogP contribution in [0.1, 0.15) is 26.7 Å². The normalized spacial score (nSPS) is 15.9. The number of ether oxygens (including phenoxy) is 1. The van der Waals surface area contributed by atoms with E-state index in [9.17, 15) is 0 Å². The highest BCUT2D eigenvalue weighted by molar-refractivity contribution is 5.79. The molecule has 0 amide bonds. The van der Waals surface area contributed by atoms with Crippen LogP contribution in [0.3, 0.4) is 0 Å². The van der Waals surface area contributed by atoms with Gasteiger partial charge in [0.1, 0.15) is 0 Å². The van der Waals surface area contributed by atoms with Crippen LogP contribution in [-0.2, 0) is 4.74 Å². The standard InChI is InChI=1S/C20H37N7O/c1-18(2)17-28-16-6-10-23-19(21-3)22-9-5-11-26-12-14-27(15-13-26)20-24-7-4-8-25-20/h4,7-8,18H,5-6,9-17H2,1-3H3,(H2,21,22,23). The Bertz CT molecular complexity index is 545. The van der Waals surface area contributed by atoms with E-state index in [1.165, 1.54) is 0 Å². The van der Waals surface area contributed by atoms with Gasteiger partial charge in [-0.25, -0.2) is 9.97 Å². The number of aliphatic imine (C=N–C) groups is 1. The van der Waals surface area contributed by atoms with Crippen molar-refractivity contribution in [3.63, 3.8) is 0 Å². The third kappa shape index (κ3) is 8.84. The van der Waals surface area contributed by atoms with Gasteiger partial charge in [-0.15, -0.1) is 0 Å². The molecule has 0 radical (unpaired) electrons. The van der Waals surface area contributed by atoms with E-state index in [1.807, 2.05) is 13.1 Å². The van der Waals surface area contributed by atoms with Crippen molar-refractivity contribution in [1.29, 1.82) is 0 Å². The number of rotatable bonds is 11. The largest absolute Gasteiger partial charge is 0.381 e. The summed E-state index contributed by atoms with van der Waals surface area (Å²) in [7, 11) is 1.81. The van der Waals surface area contributed by atoms with E-state index < -0.39 is 0 Å². The van der Waals surface area contributed by atoms with Gasteiger partial charge in [0.25, 0.3) is 0 Å². The number of piperazine rings is 1. The lowest BCUT2D eigenvalue weighted by atomic mass is 10.2. The topological polar surface area (TPSA) is 77.9 Å². The minimum Gasteiger partial charge on any atom is -0.381 e. The van der Waals surface area contributed by atoms with E-state index in [0.29, 0.717) is 5.92 Å². The predicted molar refractivity (Wildman–Crippen MR) is 115 cm³/mol. The molecular formula is C20H37N7O. The quantitative estimate of drug-likeness (QED) is 0.334. The lowest BCUT2D eigenvalue weighted by molar-refractivity contribution is 0.108. The molecule has 2 rings (SSSR count). The lowest BCUT2D eigenvalue weighted by Crippen LogP contribution is -2.47. The maximum atomic E-state index is 5.59. The molecule has 0 atom stereocenters. The van der Waals surface area contributed by atoms with Crippen LogP contribution in [0.2, 0.25) is 0 Å². The van der Waals surface area contributed by atoms with E-state index in [1.54, 1.807) is 12.4 Å². The fourth-order valence-corrected chi connectivity index (χ4v) is 3.06. The van der Waals surface area contributed by atoms with Crippen LogP contribution in [0.25, 0.3) is 0 Å². The molecule has 1 saturated heterocycles. The smallest absolute Gasteiger partial charge is 0.225 e. The molecule has 0 bridgehead atoms. The van der Waals surface area contributed by atoms with E-state index in [0.717, 1.165) is 83.8 Å². The monoisotopic (exact) mass is 391 g/mol. The summed E-state index contributed by atoms with van der Waals surface area (Å²) in [5.41, 5.74) is 0. The number of nitrogens with zero attached hydrogens (tertiary/aromatic N) is 5. The Balaban J connectivity index is 1.50. The third-order valence-corrected chi connectivity index (χ3v) is 4.58. The highest BCUT2D eigenvalue weighted by Gasteiger charge is 2.18. The fourth-order valence-electron chi connectivity index (χ4n) is 3.06. The molecule has 1 fully saturated rings. The summed E-state index contributed by atoms with van der Waals surface area (Å²) in [6, 6.07) is 1.86. The van der Waals surface area contributed by atoms with Gasteiger partial charge < -0.3 is 20.3 Å². The van der Waals surface area contributed by atoms with E-state index >= 15 is 0 Å². The average molecular weight is 392 g/mol. The van der Waals surface area contributed by atoms with Crippen LogP contribution in [0.4, 0.5) is 5.95 Å². The maximum Gasteiger partial charge on any atom is 0.225 e. The number of nitrogens with one attached hydrogen (secondary N) is 2. The minimum absolute atomic E-state index is 0.594. The SMILES string of the molecule is CN=C(NCCCOCC(C)C)NCCCN1CCN(c2ncccn2)CC1. The van der Waals surface area contributed by atoms with Crippen molar-refractivity contribution in [3.8, 4) is 0 Å². The molecule has 8 nitrogen and oxygen atoms in total. The van der Waals surface area contributed by atoms with Crippen molar-refractivity contribution < 1.29 is 4.74 Å². The molecule has 1 aliphatic heterocycles. The van der Waals surface area contributed by atoms with Crippen molar-refractivity contribution in [3.05, 3.63) is 18.5 Å². The number of hydrogen-bond donors (Lipinski definition) is 2. The van der Waals surface area contributed by atoms with Gasteiger partial charge >= 0.3 is 0 Å². The molecule has 158 valence electrons. The fraction of sp³-hybridized carbons (Fsp3) is 0.750. The molecule has 0 unspecified atom stereocenters. The van der Waals surface area contributed by atoms with Crippen LogP contribution in [0, 0.1) is 5.92 Å². The Labute approximate surface area is 169 Å². The maximum absolute atomic E-state index is 5.59. The second kappa shape index (κ2) is 13.3. The zero-order valence-corrected chi connectivity index (χ0v) is 17.7. The third-order valence-electron chi connectivity index (χ3n) is 4.58. The number of anilines is 1. The van der Waals surface area contributed by atoms with Crippen LogP contribution < -0.4 is 15.5 Å². The van der Waals surface area contributed by atoms with Crippen LogP contribution in [0.15, 0.2) is 23.5 Å². The summed E-state index contributed by atoms with van der Waals surface area (Å²) < 4.78 is 5.59. The summed E-state index contributed by atoms with van der Waals surface area (Å²) >= 11 is 0. The van der Waals surface area contributed by atoms with Gasteiger partial charge in [0.2, 0.25) is 5.95 Å². The molecule has 1 aliphatic rings. The summed E-state index contributed by atoms with van der Waals surface area (Å²) in [5, 5.41) is 6.74. The Hall–Kier alpha value is -1.93. The summed E-state index contributed by atoms with van der Waals surface area (Å²) in [6.07, 6.45) is 5.70. The van der Waals surface area contributed by atoms with E-state index in [-0.39, 0.29) is 0 Å². The second-order valence-electron chi connectivity index (χ2n) is 7.48. The van der Waals surface area contributed by atoms with Gasteiger partial charge in [0.05, 0.1) is 0 Å². The molecule has 1 aromatic heterocycles. The first-order valence-corrected chi connectivity index (χ1v) is 10.5. The van der Waals surface area contributed by atoms with Gasteiger partial charge in [-0.05, 0) is 31.4 Å². The summed E-state index contributed by atoms with van der Waals surface area (Å²) in [5.74, 6) is 2.31. The molecule has 1 aromatic rings. The zero-order chi connectivity index (χ0) is 20.0. The highest BCUT2D eigenvalue weighted by atomic mass is 16.5. The van der Waals surface area contributed by atoms with Gasteiger partial charge in [-0.3, -0.25) is 9.89 Å². The molecule has 8 heteroatoms. The zero-order valence-electron chi connectivity index (χ0n) is 17.7. The van der Waals surface area contributed by atoms with Gasteiger partial charge in [-0.1, -0.05) is 13.8 Å². The van der Waals surface area contributed by atoms with Gasteiger partial charge in [0.15, 0.2) is 5.96 Å². The second-order valence-corrected chi connectivity index (χ2v) is 7.48. The van der Waals surface area contributed by atoms with E-state index in [4.69, 9.17) is 4.74 Å². The minimum atomic E-state index is 0.594. The average Bonchev–Trinajstić information content (AvgIpc) is 2.73. The Kier molecular flexibility index (Phi) is 10.6. The highest BCUT2D eigenvalue weighted by Crippen LogP contribution is 2.09. The summed E-state index contributed by atoms with van der Waals surface area (Å²) in [4.78, 5) is 17.7. The van der Waals surface area contributed by atoms with Crippen molar-refractivity contribution in [1.82, 2.24) is 25.5 Å². The molecule has 0 aromatic carbocycles. The first-order valence-electron chi connectivity index (χ1n) is 10.5. The molecule has 2 heterocycles. The van der Waals surface area contributed by atoms with E-state index in [2.05, 4.69) is 49.2 Å². The first kappa shape index (κ1) is 22.4. The molecule has 0 saturated carbocycles. The van der Waals surface area contributed by atoms with Crippen molar-refractivity contribution >= 4 is 11.9 Å². The number of aromatic nitrogens is 2. The molecule has 2 N–H and O–H groups in total. The Morgan fingerprint density at radius 3 is 2.43 bits per heavy atom. The van der Waals surface area contributed by atoms with Crippen molar-refractivity contribution in [2.45, 2.75) is 26.7 Å². The Morgan fingerprint density at radius 2 is 1.79 bits per heavy atom. The molecular weight excluding hydrogens is 354 g/mol. The molecule has 0 aliphatic carbocycles. The first-order chi connectivity index (χ1) is 13.7. The van der Waals surface area contributed by atoms with Crippen LogP contribution in [0.5, 0.6) is 0 Å². The molecule has 28 heavy (non-hydrogen) atoms. The number of hydrogen-bond acceptors (Lipinski definition) is 6. The number of guanidine groups is 1. The van der Waals surface area contributed by atoms with Crippen molar-refractivity contribution in [2.24, 2.45) is 10.9 Å². The Morgan fingerprint density at radius 1 is 1.11 bits per heavy atom. The van der Waals surface area contributed by atoms with Gasteiger partial charge in [-0.2, -0.15) is 0 Å². The van der Waals surface area contributed by atoms with Crippen molar-refractivity contribution in [2.75, 3.05) is 71.0 Å². The van der Waals surface area contributed by atoms with Crippen LogP contribution >= 0.6 is 0 Å². The van der Waals surface area contributed by atoms with Crippen LogP contribution in [-0.4, -0.2) is 86.9 Å². The predicted octanol–water partition coefficient (Wildman–Crippen LogP) is 1.22. The van der Waals surface area contributed by atoms with Gasteiger partial charge in [0, 0.05) is 71.9 Å². The lowest BCUT2D eigenvalue weighted by Gasteiger charge is -2.34. The molecule has 0 spiro atoms. The summed E-state index contributed by atoms with van der Waals surface area (Å²) in [6.45, 7) is 12.9.